The minimum atomic E-state index is -3.50. The molecule has 3 N–H and O–H groups in total. The molecule has 1 aromatic carbocycles. The van der Waals surface area contributed by atoms with E-state index in [9.17, 15) is 8.42 Å². The number of sulfonamides is 1. The van der Waals surface area contributed by atoms with Crippen LogP contribution in [-0.4, -0.2) is 28.7 Å². The topological polar surface area (TPSA) is 90.7 Å². The molecule has 0 aliphatic rings. The van der Waals surface area contributed by atoms with E-state index >= 15 is 0 Å². The highest BCUT2D eigenvalue weighted by Crippen LogP contribution is 2.14. The standard InChI is InChI=1S/C9H14N2O4S/c1-14-8-2-4-9(5-3-8)16(12,13)11-6-7-15-10/h2-5,11H,6-7,10H2,1H3. The molecule has 0 fully saturated rings. The summed E-state index contributed by atoms with van der Waals surface area (Å²) in [5.41, 5.74) is 0. The van der Waals surface area contributed by atoms with Crippen LogP contribution >= 0.6 is 0 Å². The van der Waals surface area contributed by atoms with Crippen LogP contribution in [0.25, 0.3) is 0 Å². The maximum atomic E-state index is 11.7. The van der Waals surface area contributed by atoms with E-state index in [0.717, 1.165) is 0 Å². The highest BCUT2D eigenvalue weighted by Gasteiger charge is 2.12. The Bertz CT molecular complexity index is 416. The number of nitrogens with two attached hydrogens (primary N) is 1. The maximum Gasteiger partial charge on any atom is 0.240 e. The quantitative estimate of drug-likeness (QED) is 0.538. The van der Waals surface area contributed by atoms with Crippen molar-refractivity contribution in [1.29, 1.82) is 0 Å². The predicted octanol–water partition coefficient (Wildman–Crippen LogP) is -0.136. The van der Waals surface area contributed by atoms with Crippen LogP contribution in [-0.2, 0) is 14.9 Å². The Balaban J connectivity index is 2.74. The molecular formula is C9H14N2O4S. The normalized spacial score (nSPS) is 11.4. The van der Waals surface area contributed by atoms with E-state index in [1.807, 2.05) is 0 Å². The van der Waals surface area contributed by atoms with Gasteiger partial charge in [0.05, 0.1) is 18.6 Å². The zero-order valence-corrected chi connectivity index (χ0v) is 9.66. The molecular weight excluding hydrogens is 232 g/mol. The first-order chi connectivity index (χ1) is 7.60. The van der Waals surface area contributed by atoms with Crippen LogP contribution in [0.4, 0.5) is 0 Å². The molecule has 1 rings (SSSR count). The Hall–Kier alpha value is -1.15. The molecule has 1 aromatic rings. The SMILES string of the molecule is COc1ccc(S(=O)(=O)NCCON)cc1. The first-order valence-corrected chi connectivity index (χ1v) is 6.04. The van der Waals surface area contributed by atoms with E-state index in [2.05, 4.69) is 9.56 Å². The zero-order chi connectivity index (χ0) is 12.0. The molecule has 0 aliphatic carbocycles. The van der Waals surface area contributed by atoms with Crippen molar-refractivity contribution >= 4 is 10.0 Å². The molecule has 0 bridgehead atoms. The lowest BCUT2D eigenvalue weighted by atomic mass is 10.3. The summed E-state index contributed by atoms with van der Waals surface area (Å²) in [5, 5.41) is 0. The molecule has 0 atom stereocenters. The molecule has 0 aromatic heterocycles. The third-order valence-electron chi connectivity index (χ3n) is 1.88. The Kier molecular flexibility index (Phi) is 4.69. The monoisotopic (exact) mass is 246 g/mol. The summed E-state index contributed by atoms with van der Waals surface area (Å²) in [6.45, 7) is 0.250. The molecule has 90 valence electrons. The van der Waals surface area contributed by atoms with Crippen LogP contribution in [0.15, 0.2) is 29.2 Å². The molecule has 0 spiro atoms. The number of rotatable bonds is 6. The van der Waals surface area contributed by atoms with Gasteiger partial charge >= 0.3 is 0 Å². The summed E-state index contributed by atoms with van der Waals surface area (Å²) < 4.78 is 30.6. The predicted molar refractivity (Wildman–Crippen MR) is 58.3 cm³/mol. The average molecular weight is 246 g/mol. The summed E-state index contributed by atoms with van der Waals surface area (Å²) >= 11 is 0. The summed E-state index contributed by atoms with van der Waals surface area (Å²) in [6.07, 6.45) is 0. The second-order valence-corrected chi connectivity index (χ2v) is 4.71. The number of ether oxygens (including phenoxy) is 1. The second-order valence-electron chi connectivity index (χ2n) is 2.94. The van der Waals surface area contributed by atoms with Gasteiger partial charge in [-0.05, 0) is 24.3 Å². The molecule has 0 saturated heterocycles. The van der Waals surface area contributed by atoms with Gasteiger partial charge in [-0.1, -0.05) is 0 Å². The fourth-order valence-corrected chi connectivity index (χ4v) is 2.09. The maximum absolute atomic E-state index is 11.7. The van der Waals surface area contributed by atoms with E-state index in [1.165, 1.54) is 19.2 Å². The van der Waals surface area contributed by atoms with Gasteiger partial charge in [0.1, 0.15) is 5.75 Å². The van der Waals surface area contributed by atoms with E-state index < -0.39 is 10.0 Å². The van der Waals surface area contributed by atoms with Gasteiger partial charge in [-0.2, -0.15) is 0 Å². The molecule has 6 nitrogen and oxygen atoms in total. The average Bonchev–Trinajstić information content (AvgIpc) is 2.29. The van der Waals surface area contributed by atoms with Crippen molar-refractivity contribution in [2.24, 2.45) is 5.90 Å². The van der Waals surface area contributed by atoms with E-state index in [4.69, 9.17) is 10.6 Å². The Labute approximate surface area is 94.4 Å². The van der Waals surface area contributed by atoms with Crippen LogP contribution in [0.5, 0.6) is 5.75 Å². The van der Waals surface area contributed by atoms with Crippen molar-refractivity contribution in [3.05, 3.63) is 24.3 Å². The van der Waals surface area contributed by atoms with E-state index in [1.54, 1.807) is 12.1 Å². The smallest absolute Gasteiger partial charge is 0.240 e. The largest absolute Gasteiger partial charge is 0.497 e. The van der Waals surface area contributed by atoms with E-state index in [0.29, 0.717) is 5.75 Å². The van der Waals surface area contributed by atoms with Crippen LogP contribution < -0.4 is 15.4 Å². The fourth-order valence-electron chi connectivity index (χ4n) is 1.07. The van der Waals surface area contributed by atoms with E-state index in [-0.39, 0.29) is 18.0 Å². The van der Waals surface area contributed by atoms with Crippen LogP contribution in [0.2, 0.25) is 0 Å². The van der Waals surface area contributed by atoms with Crippen molar-refractivity contribution in [3.63, 3.8) is 0 Å². The van der Waals surface area contributed by atoms with Gasteiger partial charge in [-0.15, -0.1) is 0 Å². The van der Waals surface area contributed by atoms with Crippen molar-refractivity contribution in [2.75, 3.05) is 20.3 Å². The van der Waals surface area contributed by atoms with Gasteiger partial charge in [-0.25, -0.2) is 19.0 Å². The highest BCUT2D eigenvalue weighted by molar-refractivity contribution is 7.89. The lowest BCUT2D eigenvalue weighted by Gasteiger charge is -2.06. The van der Waals surface area contributed by atoms with Gasteiger partial charge in [0.2, 0.25) is 10.0 Å². The third kappa shape index (κ3) is 3.46. The number of nitrogens with one attached hydrogen (secondary N) is 1. The summed E-state index contributed by atoms with van der Waals surface area (Å²) in [7, 11) is -1.98. The molecule has 0 amide bonds. The second kappa shape index (κ2) is 5.80. The van der Waals surface area contributed by atoms with Crippen molar-refractivity contribution in [3.8, 4) is 5.75 Å². The van der Waals surface area contributed by atoms with Crippen LogP contribution in [0.3, 0.4) is 0 Å². The Morgan fingerprint density at radius 2 is 1.94 bits per heavy atom. The Morgan fingerprint density at radius 1 is 1.31 bits per heavy atom. The lowest BCUT2D eigenvalue weighted by Crippen LogP contribution is -2.28. The van der Waals surface area contributed by atoms with Gasteiger partial charge in [0, 0.05) is 6.54 Å². The molecule has 0 saturated carbocycles. The number of hydrogen-bond acceptors (Lipinski definition) is 5. The molecule has 0 radical (unpaired) electrons. The summed E-state index contributed by atoms with van der Waals surface area (Å²) in [6, 6.07) is 6.08. The van der Waals surface area contributed by atoms with Crippen molar-refractivity contribution < 1.29 is 18.0 Å². The van der Waals surface area contributed by atoms with Crippen LogP contribution in [0.1, 0.15) is 0 Å². The number of hydrogen-bond donors (Lipinski definition) is 2. The molecule has 0 heterocycles. The molecule has 0 aliphatic heterocycles. The number of benzene rings is 1. The van der Waals surface area contributed by atoms with Gasteiger partial charge in [-0.3, -0.25) is 0 Å². The summed E-state index contributed by atoms with van der Waals surface area (Å²) in [5.74, 6) is 5.38. The third-order valence-corrected chi connectivity index (χ3v) is 3.36. The van der Waals surface area contributed by atoms with Crippen molar-refractivity contribution in [1.82, 2.24) is 4.72 Å². The van der Waals surface area contributed by atoms with Crippen LogP contribution in [0, 0.1) is 0 Å². The first kappa shape index (κ1) is 12.9. The Morgan fingerprint density at radius 3 is 2.44 bits per heavy atom. The molecule has 16 heavy (non-hydrogen) atoms. The van der Waals surface area contributed by atoms with Crippen molar-refractivity contribution in [2.45, 2.75) is 4.90 Å². The first-order valence-electron chi connectivity index (χ1n) is 4.55. The highest BCUT2D eigenvalue weighted by atomic mass is 32.2. The number of methoxy groups -OCH3 is 1. The van der Waals surface area contributed by atoms with Gasteiger partial charge < -0.3 is 9.57 Å². The van der Waals surface area contributed by atoms with Gasteiger partial charge in [0.25, 0.3) is 0 Å². The minimum Gasteiger partial charge on any atom is -0.497 e. The molecule has 0 unspecified atom stereocenters. The fraction of sp³-hybridized carbons (Fsp3) is 0.333. The minimum absolute atomic E-state index is 0.120. The molecule has 7 heteroatoms. The summed E-state index contributed by atoms with van der Waals surface area (Å²) in [4.78, 5) is 4.43. The van der Waals surface area contributed by atoms with Gasteiger partial charge in [0.15, 0.2) is 0 Å². The lowest BCUT2D eigenvalue weighted by molar-refractivity contribution is 0.143. The zero-order valence-electron chi connectivity index (χ0n) is 8.84.